The normalized spacial score (nSPS) is 10.6. The predicted molar refractivity (Wildman–Crippen MR) is 72.5 cm³/mol. The topological polar surface area (TPSA) is 9.23 Å². The second kappa shape index (κ2) is 9.70. The molecular formula is C15H23F3O. The minimum Gasteiger partial charge on any atom is -0.494 e. The van der Waals surface area contributed by atoms with Crippen LogP contribution >= 0.6 is 0 Å². The molecule has 0 aliphatic rings. The molecule has 19 heavy (non-hydrogen) atoms. The molecule has 1 rings (SSSR count). The van der Waals surface area contributed by atoms with Crippen LogP contribution in [-0.2, 0) is 0 Å². The maximum Gasteiger partial charge on any atom is 0.389 e. The Morgan fingerprint density at radius 3 is 2.05 bits per heavy atom. The SMILES string of the molecule is CC.Cc1ccc(OCCCCCC(F)(F)F)cc1. The number of alkyl halides is 3. The summed E-state index contributed by atoms with van der Waals surface area (Å²) in [5.74, 6) is 0.770. The molecule has 1 aromatic carbocycles. The molecule has 0 amide bonds. The van der Waals surface area contributed by atoms with Crippen molar-refractivity contribution in [3.8, 4) is 5.75 Å². The predicted octanol–water partition coefficient (Wildman–Crippen LogP) is 5.52. The summed E-state index contributed by atoms with van der Waals surface area (Å²) in [5, 5.41) is 0. The van der Waals surface area contributed by atoms with Crippen molar-refractivity contribution in [3.63, 3.8) is 0 Å². The molecule has 0 N–H and O–H groups in total. The molecule has 0 saturated carbocycles. The zero-order valence-corrected chi connectivity index (χ0v) is 11.9. The summed E-state index contributed by atoms with van der Waals surface area (Å²) < 4.78 is 40.9. The van der Waals surface area contributed by atoms with E-state index in [1.54, 1.807) is 0 Å². The molecule has 0 fully saturated rings. The van der Waals surface area contributed by atoms with E-state index in [4.69, 9.17) is 4.74 Å². The zero-order chi connectivity index (χ0) is 14.7. The molecule has 4 heteroatoms. The van der Waals surface area contributed by atoms with Crippen molar-refractivity contribution in [2.45, 2.75) is 52.6 Å². The van der Waals surface area contributed by atoms with Gasteiger partial charge in [0.1, 0.15) is 5.75 Å². The van der Waals surface area contributed by atoms with Crippen molar-refractivity contribution in [1.29, 1.82) is 0 Å². The first-order valence-electron chi connectivity index (χ1n) is 6.73. The lowest BCUT2D eigenvalue weighted by Crippen LogP contribution is -2.06. The standard InChI is InChI=1S/C13H17F3O.C2H6/c1-11-5-7-12(8-6-11)17-10-4-2-3-9-13(14,15)16;1-2/h5-8H,2-4,9-10H2,1H3;1-2H3. The van der Waals surface area contributed by atoms with Crippen molar-refractivity contribution in [1.82, 2.24) is 0 Å². The summed E-state index contributed by atoms with van der Waals surface area (Å²) in [5.41, 5.74) is 1.16. The number of halogens is 3. The van der Waals surface area contributed by atoms with Crippen LogP contribution in [-0.4, -0.2) is 12.8 Å². The number of rotatable bonds is 6. The highest BCUT2D eigenvalue weighted by Gasteiger charge is 2.25. The first-order chi connectivity index (χ1) is 8.97. The molecule has 1 aromatic rings. The third-order valence-corrected chi connectivity index (χ3v) is 2.39. The van der Waals surface area contributed by atoms with Crippen LogP contribution in [0.15, 0.2) is 24.3 Å². The molecule has 0 spiro atoms. The first-order valence-corrected chi connectivity index (χ1v) is 6.73. The van der Waals surface area contributed by atoms with Gasteiger partial charge in [-0.2, -0.15) is 13.2 Å². The minimum absolute atomic E-state index is 0.181. The molecule has 0 atom stereocenters. The van der Waals surface area contributed by atoms with Crippen LogP contribution in [0.2, 0.25) is 0 Å². The molecule has 0 aromatic heterocycles. The van der Waals surface area contributed by atoms with E-state index in [1.807, 2.05) is 45.0 Å². The molecule has 0 bridgehead atoms. The summed E-state index contributed by atoms with van der Waals surface area (Å²) >= 11 is 0. The quantitative estimate of drug-likeness (QED) is 0.621. The Balaban J connectivity index is 0.00000154. The van der Waals surface area contributed by atoms with Crippen molar-refractivity contribution in [3.05, 3.63) is 29.8 Å². The lowest BCUT2D eigenvalue weighted by Gasteiger charge is -2.07. The number of aryl methyl sites for hydroxylation is 1. The van der Waals surface area contributed by atoms with E-state index in [2.05, 4.69) is 0 Å². The van der Waals surface area contributed by atoms with Crippen molar-refractivity contribution >= 4 is 0 Å². The Hall–Kier alpha value is -1.19. The van der Waals surface area contributed by atoms with Gasteiger partial charge in [0.25, 0.3) is 0 Å². The highest BCUT2D eigenvalue weighted by atomic mass is 19.4. The summed E-state index contributed by atoms with van der Waals surface area (Å²) in [6.07, 6.45) is -3.34. The van der Waals surface area contributed by atoms with Crippen LogP contribution in [0.3, 0.4) is 0 Å². The van der Waals surface area contributed by atoms with E-state index in [-0.39, 0.29) is 6.42 Å². The van der Waals surface area contributed by atoms with Gasteiger partial charge in [0.2, 0.25) is 0 Å². The fraction of sp³-hybridized carbons (Fsp3) is 0.600. The molecule has 0 radical (unpaired) electrons. The van der Waals surface area contributed by atoms with Gasteiger partial charge in [-0.05, 0) is 38.3 Å². The lowest BCUT2D eigenvalue weighted by molar-refractivity contribution is -0.135. The number of unbranched alkanes of at least 4 members (excludes halogenated alkanes) is 2. The van der Waals surface area contributed by atoms with Crippen molar-refractivity contribution in [2.24, 2.45) is 0 Å². The Kier molecular flexibility index (Phi) is 9.09. The average Bonchev–Trinajstić information content (AvgIpc) is 2.37. The summed E-state index contributed by atoms with van der Waals surface area (Å²) in [6.45, 7) is 6.46. The Bertz CT molecular complexity index is 317. The van der Waals surface area contributed by atoms with E-state index in [0.717, 1.165) is 11.3 Å². The van der Waals surface area contributed by atoms with Gasteiger partial charge in [0.15, 0.2) is 0 Å². The third-order valence-electron chi connectivity index (χ3n) is 2.39. The van der Waals surface area contributed by atoms with Crippen LogP contribution in [0.1, 0.15) is 45.1 Å². The smallest absolute Gasteiger partial charge is 0.389 e. The zero-order valence-electron chi connectivity index (χ0n) is 11.9. The number of benzene rings is 1. The molecule has 0 saturated heterocycles. The van der Waals surface area contributed by atoms with Gasteiger partial charge in [-0.1, -0.05) is 31.5 Å². The van der Waals surface area contributed by atoms with E-state index in [9.17, 15) is 13.2 Å². The second-order valence-corrected chi connectivity index (χ2v) is 4.09. The highest BCUT2D eigenvalue weighted by molar-refractivity contribution is 5.26. The van der Waals surface area contributed by atoms with E-state index < -0.39 is 12.6 Å². The second-order valence-electron chi connectivity index (χ2n) is 4.09. The van der Waals surface area contributed by atoms with Crippen LogP contribution in [0.4, 0.5) is 13.2 Å². The van der Waals surface area contributed by atoms with E-state index in [1.165, 1.54) is 0 Å². The molecule has 0 heterocycles. The third kappa shape index (κ3) is 10.4. The molecule has 0 unspecified atom stereocenters. The molecule has 0 aliphatic heterocycles. The van der Waals surface area contributed by atoms with Gasteiger partial charge in [0, 0.05) is 6.42 Å². The van der Waals surface area contributed by atoms with Gasteiger partial charge in [-0.15, -0.1) is 0 Å². The fourth-order valence-corrected chi connectivity index (χ4v) is 1.43. The van der Waals surface area contributed by atoms with Crippen molar-refractivity contribution < 1.29 is 17.9 Å². The largest absolute Gasteiger partial charge is 0.494 e. The monoisotopic (exact) mass is 276 g/mol. The van der Waals surface area contributed by atoms with Gasteiger partial charge in [0.05, 0.1) is 6.61 Å². The number of hydrogen-bond donors (Lipinski definition) is 0. The molecule has 110 valence electrons. The van der Waals surface area contributed by atoms with Crippen LogP contribution in [0, 0.1) is 6.92 Å². The van der Waals surface area contributed by atoms with Gasteiger partial charge in [-0.3, -0.25) is 0 Å². The van der Waals surface area contributed by atoms with Gasteiger partial charge >= 0.3 is 6.18 Å². The number of ether oxygens (including phenoxy) is 1. The maximum absolute atomic E-state index is 11.8. The average molecular weight is 276 g/mol. The molecular weight excluding hydrogens is 253 g/mol. The fourth-order valence-electron chi connectivity index (χ4n) is 1.43. The molecule has 1 nitrogen and oxygen atoms in total. The van der Waals surface area contributed by atoms with Crippen LogP contribution in [0.25, 0.3) is 0 Å². The van der Waals surface area contributed by atoms with E-state index in [0.29, 0.717) is 19.4 Å². The Morgan fingerprint density at radius 1 is 0.947 bits per heavy atom. The van der Waals surface area contributed by atoms with Gasteiger partial charge < -0.3 is 4.74 Å². The highest BCUT2D eigenvalue weighted by Crippen LogP contribution is 2.22. The summed E-state index contributed by atoms with van der Waals surface area (Å²) in [7, 11) is 0. The maximum atomic E-state index is 11.8. The number of hydrogen-bond acceptors (Lipinski definition) is 1. The van der Waals surface area contributed by atoms with Crippen LogP contribution in [0.5, 0.6) is 5.75 Å². The lowest BCUT2D eigenvalue weighted by atomic mass is 10.2. The van der Waals surface area contributed by atoms with Crippen LogP contribution < -0.4 is 4.74 Å². The van der Waals surface area contributed by atoms with Crippen molar-refractivity contribution in [2.75, 3.05) is 6.61 Å². The molecule has 0 aliphatic carbocycles. The Morgan fingerprint density at radius 2 is 1.53 bits per heavy atom. The summed E-state index contributed by atoms with van der Waals surface area (Å²) in [6, 6.07) is 7.62. The Labute approximate surface area is 113 Å². The van der Waals surface area contributed by atoms with E-state index >= 15 is 0 Å². The minimum atomic E-state index is -4.03. The first kappa shape index (κ1) is 17.8. The summed E-state index contributed by atoms with van der Waals surface area (Å²) in [4.78, 5) is 0. The van der Waals surface area contributed by atoms with Gasteiger partial charge in [-0.25, -0.2) is 0 Å².